The van der Waals surface area contributed by atoms with Crippen LogP contribution in [0.4, 0.5) is 8.78 Å². The van der Waals surface area contributed by atoms with E-state index in [9.17, 15) is 8.78 Å². The first-order valence-corrected chi connectivity index (χ1v) is 7.78. The molecule has 5 heteroatoms. The smallest absolute Gasteiger partial charge is 0.204 e. The SMILES string of the molecule is Fc1ccc(Oc2c(F)cccc2OC[C@H]2CCCNC2)cc1. The van der Waals surface area contributed by atoms with Gasteiger partial charge in [0.15, 0.2) is 11.6 Å². The van der Waals surface area contributed by atoms with E-state index in [1.165, 1.54) is 30.3 Å². The lowest BCUT2D eigenvalue weighted by atomic mass is 10.0. The lowest BCUT2D eigenvalue weighted by Gasteiger charge is -2.23. The lowest BCUT2D eigenvalue weighted by molar-refractivity contribution is 0.211. The van der Waals surface area contributed by atoms with Gasteiger partial charge in [-0.05, 0) is 55.8 Å². The molecule has 122 valence electrons. The third-order valence-electron chi connectivity index (χ3n) is 3.84. The number of hydrogen-bond acceptors (Lipinski definition) is 3. The van der Waals surface area contributed by atoms with E-state index >= 15 is 0 Å². The van der Waals surface area contributed by atoms with Crippen molar-refractivity contribution in [1.82, 2.24) is 5.32 Å². The van der Waals surface area contributed by atoms with Crippen LogP contribution in [0.2, 0.25) is 0 Å². The van der Waals surface area contributed by atoms with Crippen LogP contribution < -0.4 is 14.8 Å². The predicted octanol–water partition coefficient (Wildman–Crippen LogP) is 4.14. The number of nitrogens with one attached hydrogen (secondary N) is 1. The van der Waals surface area contributed by atoms with Crippen molar-refractivity contribution in [3.05, 3.63) is 54.1 Å². The van der Waals surface area contributed by atoms with Crippen LogP contribution in [0.25, 0.3) is 0 Å². The summed E-state index contributed by atoms with van der Waals surface area (Å²) in [6, 6.07) is 10.0. The Hall–Kier alpha value is -2.14. The van der Waals surface area contributed by atoms with Crippen LogP contribution in [0.1, 0.15) is 12.8 Å². The van der Waals surface area contributed by atoms with Gasteiger partial charge in [-0.15, -0.1) is 0 Å². The number of ether oxygens (including phenoxy) is 2. The van der Waals surface area contributed by atoms with E-state index in [0.717, 1.165) is 25.9 Å². The van der Waals surface area contributed by atoms with Crippen molar-refractivity contribution in [2.24, 2.45) is 5.92 Å². The Labute approximate surface area is 134 Å². The molecule has 0 aromatic heterocycles. The third-order valence-corrected chi connectivity index (χ3v) is 3.84. The fourth-order valence-corrected chi connectivity index (χ4v) is 2.60. The highest BCUT2D eigenvalue weighted by Crippen LogP contribution is 2.34. The van der Waals surface area contributed by atoms with E-state index in [4.69, 9.17) is 9.47 Å². The second kappa shape index (κ2) is 7.42. The summed E-state index contributed by atoms with van der Waals surface area (Å²) < 4.78 is 38.4. The molecule has 0 aliphatic carbocycles. The zero-order valence-corrected chi connectivity index (χ0v) is 12.7. The van der Waals surface area contributed by atoms with Gasteiger partial charge >= 0.3 is 0 Å². The van der Waals surface area contributed by atoms with Crippen LogP contribution >= 0.6 is 0 Å². The molecule has 1 heterocycles. The molecule has 0 radical (unpaired) electrons. The molecule has 2 aromatic rings. The molecule has 1 aliphatic rings. The first kappa shape index (κ1) is 15.7. The van der Waals surface area contributed by atoms with Crippen LogP contribution in [-0.2, 0) is 0 Å². The van der Waals surface area contributed by atoms with E-state index in [1.807, 2.05) is 0 Å². The minimum absolute atomic E-state index is 0.0304. The van der Waals surface area contributed by atoms with Gasteiger partial charge in [0.05, 0.1) is 6.61 Å². The van der Waals surface area contributed by atoms with Crippen molar-refractivity contribution in [3.8, 4) is 17.2 Å². The van der Waals surface area contributed by atoms with E-state index in [-0.39, 0.29) is 11.6 Å². The Kier molecular flexibility index (Phi) is 5.08. The number of hydrogen-bond donors (Lipinski definition) is 1. The normalized spacial score (nSPS) is 17.7. The van der Waals surface area contributed by atoms with Crippen molar-refractivity contribution in [2.75, 3.05) is 19.7 Å². The van der Waals surface area contributed by atoms with Crippen LogP contribution in [0.5, 0.6) is 17.2 Å². The number of halogens is 2. The van der Waals surface area contributed by atoms with Crippen LogP contribution in [0, 0.1) is 17.6 Å². The molecule has 2 aromatic carbocycles. The maximum absolute atomic E-state index is 14.1. The zero-order chi connectivity index (χ0) is 16.1. The largest absolute Gasteiger partial charge is 0.489 e. The van der Waals surface area contributed by atoms with Gasteiger partial charge in [0.1, 0.15) is 11.6 Å². The molecule has 23 heavy (non-hydrogen) atoms. The maximum Gasteiger partial charge on any atom is 0.204 e. The lowest BCUT2D eigenvalue weighted by Crippen LogP contribution is -2.33. The van der Waals surface area contributed by atoms with Gasteiger partial charge in [-0.2, -0.15) is 0 Å². The Balaban J connectivity index is 1.72. The second-order valence-electron chi connectivity index (χ2n) is 5.65. The summed E-state index contributed by atoms with van der Waals surface area (Å²) in [6.45, 7) is 2.45. The van der Waals surface area contributed by atoms with Crippen molar-refractivity contribution < 1.29 is 18.3 Å². The first-order valence-electron chi connectivity index (χ1n) is 7.78. The number of piperidine rings is 1. The van der Waals surface area contributed by atoms with Crippen molar-refractivity contribution in [2.45, 2.75) is 12.8 Å². The maximum atomic E-state index is 14.1. The van der Waals surface area contributed by atoms with Gasteiger partial charge in [0, 0.05) is 12.5 Å². The van der Waals surface area contributed by atoms with Crippen LogP contribution in [0.3, 0.4) is 0 Å². The van der Waals surface area contributed by atoms with Crippen molar-refractivity contribution in [1.29, 1.82) is 0 Å². The second-order valence-corrected chi connectivity index (χ2v) is 5.65. The monoisotopic (exact) mass is 319 g/mol. The Morgan fingerprint density at radius 1 is 1.09 bits per heavy atom. The molecular weight excluding hydrogens is 300 g/mol. The molecular formula is C18H19F2NO2. The van der Waals surface area contributed by atoms with Gasteiger partial charge in [0.25, 0.3) is 0 Å². The summed E-state index contributed by atoms with van der Waals surface area (Å²) in [5.41, 5.74) is 0. The molecule has 3 nitrogen and oxygen atoms in total. The average molecular weight is 319 g/mol. The average Bonchev–Trinajstić information content (AvgIpc) is 2.58. The topological polar surface area (TPSA) is 30.5 Å². The minimum Gasteiger partial charge on any atom is -0.489 e. The van der Waals surface area contributed by atoms with Gasteiger partial charge in [-0.1, -0.05) is 6.07 Å². The molecule has 1 aliphatic heterocycles. The summed E-state index contributed by atoms with van der Waals surface area (Å²) in [5, 5.41) is 3.32. The molecule has 0 unspecified atom stereocenters. The summed E-state index contributed by atoms with van der Waals surface area (Å²) in [6.07, 6.45) is 2.21. The first-order chi connectivity index (χ1) is 11.2. The summed E-state index contributed by atoms with van der Waals surface area (Å²) in [7, 11) is 0. The Bertz CT molecular complexity index is 640. The van der Waals surface area contributed by atoms with Gasteiger partial charge in [-0.25, -0.2) is 8.78 Å². The molecule has 3 rings (SSSR count). The standard InChI is InChI=1S/C18H19F2NO2/c19-14-6-8-15(9-7-14)23-18-16(20)4-1-5-17(18)22-12-13-3-2-10-21-11-13/h1,4-9,13,21H,2-3,10-12H2/t13-/m0/s1. The molecule has 1 N–H and O–H groups in total. The van der Waals surface area contributed by atoms with Crippen molar-refractivity contribution in [3.63, 3.8) is 0 Å². The van der Waals surface area contributed by atoms with Gasteiger partial charge in [0.2, 0.25) is 5.75 Å². The molecule has 1 saturated heterocycles. The highest BCUT2D eigenvalue weighted by atomic mass is 19.1. The van der Waals surface area contributed by atoms with E-state index in [0.29, 0.717) is 24.0 Å². The predicted molar refractivity (Wildman–Crippen MR) is 84.0 cm³/mol. The molecule has 0 bridgehead atoms. The minimum atomic E-state index is -0.506. The van der Waals surface area contributed by atoms with E-state index in [1.54, 1.807) is 12.1 Å². The Morgan fingerprint density at radius 2 is 1.91 bits per heavy atom. The summed E-state index contributed by atoms with van der Waals surface area (Å²) in [4.78, 5) is 0. The number of rotatable bonds is 5. The van der Waals surface area contributed by atoms with Crippen LogP contribution in [0.15, 0.2) is 42.5 Å². The molecule has 0 saturated carbocycles. The highest BCUT2D eigenvalue weighted by molar-refractivity contribution is 5.44. The van der Waals surface area contributed by atoms with Gasteiger partial charge < -0.3 is 14.8 Å². The molecule has 1 atom stereocenters. The summed E-state index contributed by atoms with van der Waals surface area (Å²) in [5.74, 6) is 0.287. The van der Waals surface area contributed by atoms with Crippen LogP contribution in [-0.4, -0.2) is 19.7 Å². The fraction of sp³-hybridized carbons (Fsp3) is 0.333. The zero-order valence-electron chi connectivity index (χ0n) is 12.7. The fourth-order valence-electron chi connectivity index (χ4n) is 2.60. The number of benzene rings is 2. The number of para-hydroxylation sites is 1. The summed E-state index contributed by atoms with van der Waals surface area (Å²) >= 11 is 0. The van der Waals surface area contributed by atoms with Crippen molar-refractivity contribution >= 4 is 0 Å². The van der Waals surface area contributed by atoms with Gasteiger partial charge in [-0.3, -0.25) is 0 Å². The quantitative estimate of drug-likeness (QED) is 0.898. The molecule has 0 spiro atoms. The molecule has 0 amide bonds. The van der Waals surface area contributed by atoms with E-state index in [2.05, 4.69) is 5.32 Å². The van der Waals surface area contributed by atoms with E-state index < -0.39 is 5.82 Å². The Morgan fingerprint density at radius 3 is 2.65 bits per heavy atom. The highest BCUT2D eigenvalue weighted by Gasteiger charge is 2.17. The third kappa shape index (κ3) is 4.20. The molecule has 1 fully saturated rings.